The van der Waals surface area contributed by atoms with Gasteiger partial charge in [-0.3, -0.25) is 4.79 Å². The molecule has 3 heteroatoms. The predicted molar refractivity (Wildman–Crippen MR) is 47.2 cm³/mol. The van der Waals surface area contributed by atoms with Gasteiger partial charge in [0.1, 0.15) is 0 Å². The Labute approximate surface area is 67.5 Å². The zero-order valence-electron chi connectivity index (χ0n) is 6.05. The number of nitrogens with one attached hydrogen (secondary N) is 1. The Morgan fingerprint density at radius 1 is 1.45 bits per heavy atom. The summed E-state index contributed by atoms with van der Waals surface area (Å²) in [5.41, 5.74) is 2.10. The van der Waals surface area contributed by atoms with Gasteiger partial charge in [0.15, 0.2) is 0 Å². The molecular formula is C8H7NOS. The van der Waals surface area contributed by atoms with Gasteiger partial charge in [0.25, 0.3) is 0 Å². The molecule has 2 nitrogen and oxygen atoms in total. The van der Waals surface area contributed by atoms with Gasteiger partial charge in [-0.15, -0.1) is 0 Å². The number of rotatable bonds is 0. The van der Waals surface area contributed by atoms with Crippen molar-refractivity contribution in [2.45, 2.75) is 6.92 Å². The van der Waals surface area contributed by atoms with Gasteiger partial charge in [-0.1, -0.05) is 23.5 Å². The van der Waals surface area contributed by atoms with Crippen LogP contribution in [0.25, 0.3) is 10.2 Å². The highest BCUT2D eigenvalue weighted by Gasteiger charge is 1.99. The van der Waals surface area contributed by atoms with Crippen molar-refractivity contribution in [3.05, 3.63) is 33.4 Å². The summed E-state index contributed by atoms with van der Waals surface area (Å²) in [5, 5.41) is 0. The highest BCUT2D eigenvalue weighted by molar-refractivity contribution is 7.16. The molecule has 1 N–H and O–H groups in total. The van der Waals surface area contributed by atoms with Crippen LogP contribution in [-0.2, 0) is 0 Å². The first-order valence-corrected chi connectivity index (χ1v) is 4.17. The van der Waals surface area contributed by atoms with E-state index in [9.17, 15) is 4.79 Å². The lowest BCUT2D eigenvalue weighted by molar-refractivity contribution is 1.40. The molecule has 0 aliphatic heterocycles. The molecule has 0 aliphatic rings. The van der Waals surface area contributed by atoms with E-state index in [1.54, 1.807) is 0 Å². The van der Waals surface area contributed by atoms with E-state index in [0.717, 1.165) is 15.8 Å². The molecule has 2 aromatic rings. The SMILES string of the molecule is Cc1cccc2[nH]c(=O)sc12. The molecule has 1 heterocycles. The number of aryl methyl sites for hydroxylation is 1. The van der Waals surface area contributed by atoms with Gasteiger partial charge in [-0.25, -0.2) is 0 Å². The van der Waals surface area contributed by atoms with Crippen LogP contribution in [0.3, 0.4) is 0 Å². The lowest BCUT2D eigenvalue weighted by Crippen LogP contribution is -1.89. The highest BCUT2D eigenvalue weighted by atomic mass is 32.1. The smallest absolute Gasteiger partial charge is 0.305 e. The second-order valence-corrected chi connectivity index (χ2v) is 3.45. The van der Waals surface area contributed by atoms with Crippen LogP contribution in [0.1, 0.15) is 5.56 Å². The molecular weight excluding hydrogens is 158 g/mol. The van der Waals surface area contributed by atoms with Crippen LogP contribution >= 0.6 is 11.3 Å². The van der Waals surface area contributed by atoms with Crippen LogP contribution in [0.15, 0.2) is 23.0 Å². The quantitative estimate of drug-likeness (QED) is 0.635. The number of fused-ring (bicyclic) bond motifs is 1. The van der Waals surface area contributed by atoms with Crippen molar-refractivity contribution in [3.63, 3.8) is 0 Å². The molecule has 56 valence electrons. The average molecular weight is 165 g/mol. The molecule has 0 atom stereocenters. The number of aromatic nitrogens is 1. The van der Waals surface area contributed by atoms with Gasteiger partial charge >= 0.3 is 4.87 Å². The predicted octanol–water partition coefficient (Wildman–Crippen LogP) is 1.90. The molecule has 0 aliphatic carbocycles. The fourth-order valence-electron chi connectivity index (χ4n) is 1.11. The fourth-order valence-corrected chi connectivity index (χ4v) is 1.92. The standard InChI is InChI=1S/C8H7NOS/c1-5-3-2-4-6-7(5)11-8(10)9-6/h2-4H,1H3,(H,9,10). The van der Waals surface area contributed by atoms with Gasteiger partial charge in [0, 0.05) is 0 Å². The minimum atomic E-state index is 0.0225. The van der Waals surface area contributed by atoms with E-state index in [1.807, 2.05) is 25.1 Å². The lowest BCUT2D eigenvalue weighted by Gasteiger charge is -1.90. The van der Waals surface area contributed by atoms with E-state index < -0.39 is 0 Å². The van der Waals surface area contributed by atoms with Gasteiger partial charge in [0.05, 0.1) is 10.2 Å². The lowest BCUT2D eigenvalue weighted by atomic mass is 10.2. The molecule has 0 unspecified atom stereocenters. The number of aromatic amines is 1. The first kappa shape index (κ1) is 6.61. The van der Waals surface area contributed by atoms with Crippen LogP contribution < -0.4 is 4.87 Å². The van der Waals surface area contributed by atoms with Crippen molar-refractivity contribution >= 4 is 21.6 Å². The van der Waals surface area contributed by atoms with Gasteiger partial charge in [-0.2, -0.15) is 0 Å². The zero-order chi connectivity index (χ0) is 7.84. The Hall–Kier alpha value is -1.09. The largest absolute Gasteiger partial charge is 0.312 e. The molecule has 0 fully saturated rings. The molecule has 0 bridgehead atoms. The second-order valence-electron chi connectivity index (χ2n) is 2.47. The third-order valence-corrected chi connectivity index (χ3v) is 2.68. The maximum absolute atomic E-state index is 10.9. The van der Waals surface area contributed by atoms with E-state index >= 15 is 0 Å². The Kier molecular flexibility index (Phi) is 1.32. The van der Waals surface area contributed by atoms with Crippen LogP contribution in [0.2, 0.25) is 0 Å². The first-order chi connectivity index (χ1) is 5.27. The Balaban J connectivity index is 3.01. The molecule has 0 spiro atoms. The molecule has 1 aromatic heterocycles. The Bertz CT molecular complexity index is 441. The maximum Gasteiger partial charge on any atom is 0.305 e. The van der Waals surface area contributed by atoms with Crippen LogP contribution in [0.5, 0.6) is 0 Å². The Morgan fingerprint density at radius 3 is 3.00 bits per heavy atom. The van der Waals surface area contributed by atoms with Crippen molar-refractivity contribution < 1.29 is 0 Å². The number of benzene rings is 1. The monoisotopic (exact) mass is 165 g/mol. The van der Waals surface area contributed by atoms with E-state index in [0.29, 0.717) is 0 Å². The fraction of sp³-hybridized carbons (Fsp3) is 0.125. The summed E-state index contributed by atoms with van der Waals surface area (Å²) in [7, 11) is 0. The molecule has 0 saturated carbocycles. The van der Waals surface area contributed by atoms with Crippen molar-refractivity contribution in [1.82, 2.24) is 4.98 Å². The van der Waals surface area contributed by atoms with Crippen molar-refractivity contribution in [3.8, 4) is 0 Å². The zero-order valence-corrected chi connectivity index (χ0v) is 6.87. The van der Waals surface area contributed by atoms with E-state index in [4.69, 9.17) is 0 Å². The molecule has 1 aromatic carbocycles. The van der Waals surface area contributed by atoms with E-state index in [-0.39, 0.29) is 4.87 Å². The maximum atomic E-state index is 10.9. The van der Waals surface area contributed by atoms with Crippen molar-refractivity contribution in [2.75, 3.05) is 0 Å². The van der Waals surface area contributed by atoms with Crippen LogP contribution in [0, 0.1) is 6.92 Å². The number of H-pyrrole nitrogens is 1. The molecule has 0 radical (unpaired) electrons. The van der Waals surface area contributed by atoms with E-state index in [2.05, 4.69) is 4.98 Å². The number of thiazole rings is 1. The summed E-state index contributed by atoms with van der Waals surface area (Å²) in [6, 6.07) is 5.87. The number of hydrogen-bond donors (Lipinski definition) is 1. The van der Waals surface area contributed by atoms with Crippen LogP contribution in [0.4, 0.5) is 0 Å². The van der Waals surface area contributed by atoms with Crippen LogP contribution in [-0.4, -0.2) is 4.98 Å². The molecule has 0 amide bonds. The molecule has 11 heavy (non-hydrogen) atoms. The Morgan fingerprint density at radius 2 is 2.27 bits per heavy atom. The first-order valence-electron chi connectivity index (χ1n) is 3.36. The summed E-state index contributed by atoms with van der Waals surface area (Å²) in [6.45, 7) is 2.01. The van der Waals surface area contributed by atoms with Crippen molar-refractivity contribution in [2.24, 2.45) is 0 Å². The summed E-state index contributed by atoms with van der Waals surface area (Å²) in [5.74, 6) is 0. The average Bonchev–Trinajstić information content (AvgIpc) is 2.31. The summed E-state index contributed by atoms with van der Waals surface area (Å²) >= 11 is 1.27. The minimum absolute atomic E-state index is 0.0225. The highest BCUT2D eigenvalue weighted by Crippen LogP contribution is 2.17. The van der Waals surface area contributed by atoms with Gasteiger partial charge in [0.2, 0.25) is 0 Å². The normalized spacial score (nSPS) is 10.6. The third-order valence-electron chi connectivity index (χ3n) is 1.64. The second kappa shape index (κ2) is 2.20. The molecule has 2 rings (SSSR count). The minimum Gasteiger partial charge on any atom is -0.312 e. The molecule has 0 saturated heterocycles. The number of hydrogen-bond acceptors (Lipinski definition) is 2. The topological polar surface area (TPSA) is 32.9 Å². The van der Waals surface area contributed by atoms with Gasteiger partial charge in [-0.05, 0) is 18.6 Å². The van der Waals surface area contributed by atoms with E-state index in [1.165, 1.54) is 11.3 Å². The van der Waals surface area contributed by atoms with Gasteiger partial charge < -0.3 is 4.98 Å². The third kappa shape index (κ3) is 0.973. The summed E-state index contributed by atoms with van der Waals surface area (Å²) in [6.07, 6.45) is 0. The van der Waals surface area contributed by atoms with Crippen molar-refractivity contribution in [1.29, 1.82) is 0 Å². The summed E-state index contributed by atoms with van der Waals surface area (Å²) < 4.78 is 1.07. The summed E-state index contributed by atoms with van der Waals surface area (Å²) in [4.78, 5) is 13.7.